The molecule has 8 aliphatic carbocycles. The highest BCUT2D eigenvalue weighted by atomic mass is 31.1. The lowest BCUT2D eigenvalue weighted by Gasteiger charge is -2.74. The number of benzene rings is 1. The van der Waals surface area contributed by atoms with Gasteiger partial charge in [-0.25, -0.2) is 0 Å². The molecule has 0 saturated heterocycles. The molecule has 2 N–H and O–H groups in total. The molecule has 8 saturated carbocycles. The van der Waals surface area contributed by atoms with Gasteiger partial charge >= 0.3 is 0 Å². The molecule has 48 heavy (non-hydrogen) atoms. The van der Waals surface area contributed by atoms with Gasteiger partial charge in [-0.05, 0) is 174 Å². The van der Waals surface area contributed by atoms with Crippen molar-refractivity contribution in [2.75, 3.05) is 0 Å². The lowest BCUT2D eigenvalue weighted by Crippen LogP contribution is -2.63. The molecular weight excluding hydrogens is 618 g/mol. The second kappa shape index (κ2) is 10.6. The standard InChI is InChI=1S/C44H62N2P2/c1-38(2,3)40-19-30-17-31(20-40)24-42(23-30,28-40)48(43-25-32-18-33(26-43)22-41(21-32,29-43)39(4,5)6)27-34-11-7-8-12-35(34)44(47,36-13-9-15-45-36)37-14-10-16-46-37/h7-16,30-33,45-46H,17-29,47H2,1-6H3. The zero-order valence-corrected chi connectivity index (χ0v) is 32.8. The van der Waals surface area contributed by atoms with Gasteiger partial charge in [-0.3, -0.25) is 0 Å². The van der Waals surface area contributed by atoms with Crippen LogP contribution in [0.3, 0.4) is 0 Å². The van der Waals surface area contributed by atoms with Gasteiger partial charge in [0.15, 0.2) is 0 Å². The first-order chi connectivity index (χ1) is 22.7. The van der Waals surface area contributed by atoms with Gasteiger partial charge in [-0.15, -0.1) is 9.24 Å². The van der Waals surface area contributed by atoms with Gasteiger partial charge in [0, 0.05) is 23.8 Å². The summed E-state index contributed by atoms with van der Waals surface area (Å²) in [6.45, 7) is 15.8. The quantitative estimate of drug-likeness (QED) is 0.233. The van der Waals surface area contributed by atoms with E-state index < -0.39 is 0 Å². The number of rotatable bonds is 7. The van der Waals surface area contributed by atoms with E-state index in [0.717, 1.165) is 23.7 Å². The molecule has 8 fully saturated rings. The smallest absolute Gasteiger partial charge is 0.0891 e. The van der Waals surface area contributed by atoms with Crippen LogP contribution in [0.25, 0.3) is 0 Å². The maximum absolute atomic E-state index is 3.67. The largest absolute Gasteiger partial charge is 0.364 e. The normalized spacial score (nSPS) is 39.3. The molecule has 0 aliphatic heterocycles. The maximum Gasteiger partial charge on any atom is 0.0891 e. The van der Waals surface area contributed by atoms with E-state index in [4.69, 9.17) is 0 Å². The zero-order chi connectivity index (χ0) is 33.4. The van der Waals surface area contributed by atoms with E-state index in [1.165, 1.54) is 100 Å². The molecule has 8 bridgehead atoms. The molecule has 0 amide bonds. The Kier molecular flexibility index (Phi) is 7.18. The van der Waals surface area contributed by atoms with Crippen molar-refractivity contribution < 1.29 is 0 Å². The maximum atomic E-state index is 3.67. The molecule has 2 heterocycles. The second-order valence-electron chi connectivity index (χ2n) is 20.7. The van der Waals surface area contributed by atoms with E-state index in [1.807, 2.05) is 0 Å². The lowest BCUT2D eigenvalue weighted by molar-refractivity contribution is -0.113. The molecule has 2 nitrogen and oxygen atoms in total. The molecule has 0 spiro atoms. The Hall–Kier alpha value is -1.36. The minimum Gasteiger partial charge on any atom is -0.364 e. The number of hydrogen-bond acceptors (Lipinski definition) is 0. The summed E-state index contributed by atoms with van der Waals surface area (Å²) in [6, 6.07) is 18.7. The first-order valence-corrected chi connectivity index (χ1v) is 21.7. The monoisotopic (exact) mass is 680 g/mol. The number of H-pyrrole nitrogens is 2. The fourth-order valence-electron chi connectivity index (χ4n) is 14.5. The van der Waals surface area contributed by atoms with Crippen LogP contribution in [0, 0.1) is 45.3 Å². The minimum atomic E-state index is -0.327. The molecule has 0 radical (unpaired) electrons. The van der Waals surface area contributed by atoms with Crippen LogP contribution in [-0.2, 0) is 11.3 Å². The van der Waals surface area contributed by atoms with Gasteiger partial charge in [0.1, 0.15) is 0 Å². The average Bonchev–Trinajstić information content (AvgIpc) is 3.73. The summed E-state index contributed by atoms with van der Waals surface area (Å²) in [5, 5.41) is 0.743. The van der Waals surface area contributed by atoms with E-state index >= 15 is 0 Å². The van der Waals surface area contributed by atoms with Crippen LogP contribution in [0.5, 0.6) is 0 Å². The molecular formula is C44H62N2P2. The third-order valence-electron chi connectivity index (χ3n) is 16.2. The minimum absolute atomic E-state index is 0.251. The summed E-state index contributed by atoms with van der Waals surface area (Å²) in [6.07, 6.45) is 23.8. The third kappa shape index (κ3) is 4.62. The van der Waals surface area contributed by atoms with E-state index in [1.54, 1.807) is 5.56 Å². The van der Waals surface area contributed by atoms with Crippen molar-refractivity contribution in [1.82, 2.24) is 9.97 Å². The average molecular weight is 681 g/mol. The first kappa shape index (κ1) is 32.5. The molecule has 2 aromatic heterocycles. The van der Waals surface area contributed by atoms with Crippen molar-refractivity contribution in [3.05, 3.63) is 83.4 Å². The molecule has 5 atom stereocenters. The van der Waals surface area contributed by atoms with Crippen molar-refractivity contribution in [2.45, 2.75) is 140 Å². The fraction of sp³-hybridized carbons (Fsp3) is 0.682. The van der Waals surface area contributed by atoms with Gasteiger partial charge < -0.3 is 9.97 Å². The van der Waals surface area contributed by atoms with Crippen LogP contribution in [0.15, 0.2) is 60.9 Å². The SMILES string of the molecule is CC(C)(C)C12CC3CC(CC(P(Cc4ccccc4C(P)(c4ccc[nH]4)c4ccc[nH]4)C45CC6CC(C4)CC(C(C)(C)C)(C6)C5)(C3)C1)C2. The Labute approximate surface area is 295 Å². The molecule has 1 aromatic carbocycles. The van der Waals surface area contributed by atoms with Crippen LogP contribution in [0.2, 0.25) is 0 Å². The molecule has 258 valence electrons. The van der Waals surface area contributed by atoms with Crippen molar-refractivity contribution in [3.63, 3.8) is 0 Å². The van der Waals surface area contributed by atoms with E-state index in [0.29, 0.717) is 32.0 Å². The second-order valence-corrected chi connectivity index (χ2v) is 24.6. The number of nitrogens with one attached hydrogen (secondary N) is 2. The highest BCUT2D eigenvalue weighted by Gasteiger charge is 2.69. The molecule has 3 aromatic rings. The number of aromatic amines is 2. The Morgan fingerprint density at radius 2 is 1.06 bits per heavy atom. The summed E-state index contributed by atoms with van der Waals surface area (Å²) in [7, 11) is 3.10. The van der Waals surface area contributed by atoms with Gasteiger partial charge in [-0.1, -0.05) is 73.7 Å². The number of hydrogen-bond donors (Lipinski definition) is 2. The predicted octanol–water partition coefficient (Wildman–Crippen LogP) is 12.3. The fourth-order valence-corrected chi connectivity index (χ4v) is 20.3. The van der Waals surface area contributed by atoms with Gasteiger partial charge in [0.25, 0.3) is 0 Å². The van der Waals surface area contributed by atoms with Crippen LogP contribution in [-0.4, -0.2) is 20.3 Å². The van der Waals surface area contributed by atoms with Crippen LogP contribution < -0.4 is 0 Å². The molecule has 8 aliphatic rings. The first-order valence-electron chi connectivity index (χ1n) is 19.6. The highest BCUT2D eigenvalue weighted by molar-refractivity contribution is 7.60. The zero-order valence-electron chi connectivity index (χ0n) is 30.8. The topological polar surface area (TPSA) is 31.6 Å². The van der Waals surface area contributed by atoms with Crippen LogP contribution >= 0.6 is 17.2 Å². The number of aromatic nitrogens is 2. The Morgan fingerprint density at radius 1 is 0.625 bits per heavy atom. The summed E-state index contributed by atoms with van der Waals surface area (Å²) in [5.74, 6) is 3.81. The van der Waals surface area contributed by atoms with Gasteiger partial charge in [-0.2, -0.15) is 0 Å². The van der Waals surface area contributed by atoms with E-state index in [-0.39, 0.29) is 13.1 Å². The Morgan fingerprint density at radius 3 is 1.46 bits per heavy atom. The van der Waals surface area contributed by atoms with Gasteiger partial charge in [0.2, 0.25) is 0 Å². The summed E-state index contributed by atoms with van der Waals surface area (Å²) >= 11 is 0. The van der Waals surface area contributed by atoms with Crippen LogP contribution in [0.1, 0.15) is 141 Å². The van der Waals surface area contributed by atoms with Crippen molar-refractivity contribution in [3.8, 4) is 0 Å². The van der Waals surface area contributed by atoms with E-state index in [2.05, 4.69) is 122 Å². The molecule has 5 unspecified atom stereocenters. The summed E-state index contributed by atoms with van der Waals surface area (Å²) in [4.78, 5) is 7.34. The highest BCUT2D eigenvalue weighted by Crippen LogP contribution is 2.84. The third-order valence-corrected chi connectivity index (χ3v) is 21.1. The Balaban J connectivity index is 1.22. The van der Waals surface area contributed by atoms with E-state index in [9.17, 15) is 0 Å². The van der Waals surface area contributed by atoms with Crippen LogP contribution in [0.4, 0.5) is 0 Å². The van der Waals surface area contributed by atoms with Gasteiger partial charge in [0.05, 0.1) is 5.16 Å². The Bertz CT molecular complexity index is 1530. The van der Waals surface area contributed by atoms with Crippen molar-refractivity contribution >= 4 is 17.2 Å². The van der Waals surface area contributed by atoms with Crippen molar-refractivity contribution in [2.24, 2.45) is 45.3 Å². The predicted molar refractivity (Wildman–Crippen MR) is 207 cm³/mol. The lowest BCUT2D eigenvalue weighted by atomic mass is 9.43. The molecule has 11 rings (SSSR count). The summed E-state index contributed by atoms with van der Waals surface area (Å²) in [5.41, 5.74) is 7.46. The molecule has 4 heteroatoms. The summed E-state index contributed by atoms with van der Waals surface area (Å²) < 4.78 is 0. The van der Waals surface area contributed by atoms with Crippen molar-refractivity contribution in [1.29, 1.82) is 0 Å².